The van der Waals surface area contributed by atoms with Gasteiger partial charge in [-0.25, -0.2) is 8.42 Å². The molecule has 1 aliphatic rings. The van der Waals surface area contributed by atoms with Gasteiger partial charge in [0.15, 0.2) is 9.84 Å². The minimum atomic E-state index is -3.20. The topological polar surface area (TPSA) is 89.7 Å². The molecule has 0 bridgehead atoms. The summed E-state index contributed by atoms with van der Waals surface area (Å²) in [5.74, 6) is 0.619. The molecule has 1 saturated heterocycles. The summed E-state index contributed by atoms with van der Waals surface area (Å²) in [5, 5.41) is 0. The average Bonchev–Trinajstić information content (AvgIpc) is 2.90. The largest absolute Gasteiger partial charge is 0.493 e. The van der Waals surface area contributed by atoms with Crippen LogP contribution in [0, 0.1) is 5.41 Å². The number of nitrogens with zero attached hydrogens (tertiary/aromatic N) is 1. The number of halogens is 1. The summed E-state index contributed by atoms with van der Waals surface area (Å²) in [7, 11) is -3.20. The highest BCUT2D eigenvalue weighted by atomic mass is 35.5. The number of carbonyl (C=O) groups is 1. The second kappa shape index (κ2) is 8.18. The van der Waals surface area contributed by atoms with Gasteiger partial charge in [0, 0.05) is 19.3 Å². The Labute approximate surface area is 149 Å². The summed E-state index contributed by atoms with van der Waals surface area (Å²) in [6.45, 7) is 4.40. The lowest BCUT2D eigenvalue weighted by Gasteiger charge is -2.22. The predicted molar refractivity (Wildman–Crippen MR) is 95.3 cm³/mol. The Morgan fingerprint density at radius 2 is 1.96 bits per heavy atom. The Morgan fingerprint density at radius 1 is 1.33 bits per heavy atom. The van der Waals surface area contributed by atoms with Crippen LogP contribution < -0.4 is 10.5 Å². The van der Waals surface area contributed by atoms with Crippen molar-refractivity contribution < 1.29 is 17.9 Å². The third kappa shape index (κ3) is 5.36. The monoisotopic (exact) mass is 376 g/mol. The molecule has 1 amide bonds. The van der Waals surface area contributed by atoms with Gasteiger partial charge in [0.2, 0.25) is 5.91 Å². The predicted octanol–water partition coefficient (Wildman–Crippen LogP) is 1.48. The lowest BCUT2D eigenvalue weighted by molar-refractivity contribution is -0.131. The quantitative estimate of drug-likeness (QED) is 0.812. The maximum atomic E-state index is 12.2. The lowest BCUT2D eigenvalue weighted by Crippen LogP contribution is -2.35. The van der Waals surface area contributed by atoms with E-state index in [1.165, 1.54) is 12.1 Å². The molecule has 0 aliphatic carbocycles. The number of carbonyl (C=O) groups excluding carboxylic acids is 1. The molecule has 1 aromatic carbocycles. The van der Waals surface area contributed by atoms with Crippen molar-refractivity contribution in [3.8, 4) is 5.75 Å². The standard InChI is InChI=1S/C16H24N2O4S.ClH/c1-16(11-17)8-9-18(12-16)15(19)7-10-22-13-3-5-14(6-4-13)23(2,20)21;/h3-6H,7-12,17H2,1-2H3;1H. The van der Waals surface area contributed by atoms with Crippen LogP contribution in [-0.2, 0) is 14.6 Å². The molecule has 1 heterocycles. The zero-order valence-electron chi connectivity index (χ0n) is 14.0. The highest BCUT2D eigenvalue weighted by Crippen LogP contribution is 2.28. The number of ether oxygens (including phenoxy) is 1. The highest BCUT2D eigenvalue weighted by molar-refractivity contribution is 7.90. The first-order valence-electron chi connectivity index (χ1n) is 7.64. The van der Waals surface area contributed by atoms with Gasteiger partial charge >= 0.3 is 0 Å². The lowest BCUT2D eigenvalue weighted by atomic mass is 9.90. The van der Waals surface area contributed by atoms with Crippen molar-refractivity contribution in [3.05, 3.63) is 24.3 Å². The van der Waals surface area contributed by atoms with Crippen molar-refractivity contribution in [2.24, 2.45) is 11.1 Å². The van der Waals surface area contributed by atoms with Gasteiger partial charge in [-0.3, -0.25) is 4.79 Å². The fraction of sp³-hybridized carbons (Fsp3) is 0.562. The molecule has 136 valence electrons. The number of likely N-dealkylation sites (tertiary alicyclic amines) is 1. The molecule has 0 radical (unpaired) electrons. The van der Waals surface area contributed by atoms with Gasteiger partial charge in [-0.1, -0.05) is 6.92 Å². The van der Waals surface area contributed by atoms with Crippen molar-refractivity contribution in [1.29, 1.82) is 0 Å². The van der Waals surface area contributed by atoms with E-state index in [1.807, 2.05) is 4.90 Å². The first kappa shape index (κ1) is 20.7. The normalized spacial score (nSPS) is 20.5. The molecule has 1 atom stereocenters. The zero-order valence-corrected chi connectivity index (χ0v) is 15.7. The summed E-state index contributed by atoms with van der Waals surface area (Å²) in [6, 6.07) is 6.20. The third-order valence-corrected chi connectivity index (χ3v) is 5.37. The van der Waals surface area contributed by atoms with Crippen molar-refractivity contribution in [2.75, 3.05) is 32.5 Å². The number of rotatable bonds is 6. The Morgan fingerprint density at radius 3 is 2.46 bits per heavy atom. The van der Waals surface area contributed by atoms with Crippen molar-refractivity contribution in [2.45, 2.75) is 24.7 Å². The number of benzene rings is 1. The number of amides is 1. The average molecular weight is 377 g/mol. The van der Waals surface area contributed by atoms with E-state index in [4.69, 9.17) is 10.5 Å². The first-order valence-corrected chi connectivity index (χ1v) is 9.53. The molecule has 0 spiro atoms. The van der Waals surface area contributed by atoms with E-state index in [0.717, 1.165) is 19.2 Å². The second-order valence-electron chi connectivity index (χ2n) is 6.42. The Bertz CT molecular complexity index is 663. The molecule has 24 heavy (non-hydrogen) atoms. The molecular formula is C16H25ClN2O4S. The third-order valence-electron chi connectivity index (χ3n) is 4.24. The van der Waals surface area contributed by atoms with Gasteiger partial charge in [0.05, 0.1) is 17.9 Å². The summed E-state index contributed by atoms with van der Waals surface area (Å²) >= 11 is 0. The van der Waals surface area contributed by atoms with Gasteiger partial charge in [-0.05, 0) is 42.6 Å². The fourth-order valence-electron chi connectivity index (χ4n) is 2.60. The van der Waals surface area contributed by atoms with Crippen LogP contribution >= 0.6 is 12.4 Å². The molecule has 6 nitrogen and oxygen atoms in total. The summed E-state index contributed by atoms with van der Waals surface area (Å²) in [5.41, 5.74) is 5.77. The van der Waals surface area contributed by atoms with Gasteiger partial charge < -0.3 is 15.4 Å². The number of hydrogen-bond donors (Lipinski definition) is 1. The van der Waals surface area contributed by atoms with E-state index >= 15 is 0 Å². The molecule has 0 saturated carbocycles. The smallest absolute Gasteiger partial charge is 0.226 e. The van der Waals surface area contributed by atoms with E-state index < -0.39 is 9.84 Å². The highest BCUT2D eigenvalue weighted by Gasteiger charge is 2.34. The molecule has 1 aliphatic heterocycles. The van der Waals surface area contributed by atoms with E-state index in [9.17, 15) is 13.2 Å². The zero-order chi connectivity index (χ0) is 17.1. The molecule has 1 aromatic rings. The Balaban J connectivity index is 0.00000288. The van der Waals surface area contributed by atoms with Crippen LogP contribution in [0.5, 0.6) is 5.75 Å². The molecule has 0 aromatic heterocycles. The van der Waals surface area contributed by atoms with Gasteiger partial charge in [0.25, 0.3) is 0 Å². The minimum Gasteiger partial charge on any atom is -0.493 e. The molecule has 2 rings (SSSR count). The molecular weight excluding hydrogens is 352 g/mol. The number of hydrogen-bond acceptors (Lipinski definition) is 5. The Kier molecular flexibility index (Phi) is 7.07. The van der Waals surface area contributed by atoms with Crippen LogP contribution in [0.3, 0.4) is 0 Å². The molecule has 1 fully saturated rings. The van der Waals surface area contributed by atoms with Gasteiger partial charge in [-0.15, -0.1) is 12.4 Å². The SMILES string of the molecule is CC1(CN)CCN(C(=O)CCOc2ccc(S(C)(=O)=O)cc2)C1.Cl. The van der Waals surface area contributed by atoms with E-state index in [0.29, 0.717) is 25.3 Å². The fourth-order valence-corrected chi connectivity index (χ4v) is 3.23. The minimum absolute atomic E-state index is 0. The maximum absolute atomic E-state index is 12.2. The summed E-state index contributed by atoms with van der Waals surface area (Å²) < 4.78 is 28.3. The number of sulfone groups is 1. The van der Waals surface area contributed by atoms with Crippen LogP contribution in [0.25, 0.3) is 0 Å². The van der Waals surface area contributed by atoms with Crippen molar-refractivity contribution >= 4 is 28.2 Å². The van der Waals surface area contributed by atoms with Crippen LogP contribution in [0.4, 0.5) is 0 Å². The number of nitrogens with two attached hydrogens (primary N) is 1. The van der Waals surface area contributed by atoms with Crippen molar-refractivity contribution in [3.63, 3.8) is 0 Å². The summed E-state index contributed by atoms with van der Waals surface area (Å²) in [6.07, 6.45) is 2.39. The van der Waals surface area contributed by atoms with Gasteiger partial charge in [0.1, 0.15) is 5.75 Å². The first-order chi connectivity index (χ1) is 10.7. The second-order valence-corrected chi connectivity index (χ2v) is 8.44. The van der Waals surface area contributed by atoms with E-state index in [1.54, 1.807) is 12.1 Å². The molecule has 8 heteroatoms. The van der Waals surface area contributed by atoms with Crippen LogP contribution in [-0.4, -0.2) is 51.7 Å². The van der Waals surface area contributed by atoms with Crippen LogP contribution in [0.2, 0.25) is 0 Å². The van der Waals surface area contributed by atoms with Crippen LogP contribution in [0.1, 0.15) is 19.8 Å². The molecule has 2 N–H and O–H groups in total. The molecule has 1 unspecified atom stereocenters. The maximum Gasteiger partial charge on any atom is 0.226 e. The van der Waals surface area contributed by atoms with Crippen LogP contribution in [0.15, 0.2) is 29.2 Å². The van der Waals surface area contributed by atoms with Gasteiger partial charge in [-0.2, -0.15) is 0 Å². The van der Waals surface area contributed by atoms with Crippen molar-refractivity contribution in [1.82, 2.24) is 4.90 Å². The Hall–Kier alpha value is -1.31. The van der Waals surface area contributed by atoms with E-state index in [-0.39, 0.29) is 35.2 Å². The summed E-state index contributed by atoms with van der Waals surface area (Å²) in [4.78, 5) is 14.2. The van der Waals surface area contributed by atoms with E-state index in [2.05, 4.69) is 6.92 Å².